The summed E-state index contributed by atoms with van der Waals surface area (Å²) in [5, 5.41) is 25.6. The number of aromatic hydroxyl groups is 2. The van der Waals surface area contributed by atoms with Crippen molar-refractivity contribution >= 4 is 12.4 Å². The van der Waals surface area contributed by atoms with Gasteiger partial charge in [-0.2, -0.15) is 0 Å². The van der Waals surface area contributed by atoms with E-state index in [1.165, 1.54) is 516 Å². The van der Waals surface area contributed by atoms with Gasteiger partial charge in [0.05, 0.1) is 169 Å². The normalized spacial score (nSPS) is 15.0. The van der Waals surface area contributed by atoms with Crippen molar-refractivity contribution < 1.29 is 37.1 Å². The number of quaternary nitrogens is 6. The maximum atomic E-state index is 12.8. The van der Waals surface area contributed by atoms with Crippen LogP contribution >= 0.6 is 0 Å². The molecule has 126 heavy (non-hydrogen) atoms. The third-order valence-electron chi connectivity index (χ3n) is 32.4. The minimum absolute atomic E-state index is 0.0174. The summed E-state index contributed by atoms with van der Waals surface area (Å²) in [6.45, 7) is 79.6. The van der Waals surface area contributed by atoms with E-state index in [-0.39, 0.29) is 22.9 Å². The molecule has 10 heteroatoms. The molecule has 2 N–H and O–H groups in total. The lowest BCUT2D eigenvalue weighted by molar-refractivity contribution is -0.929. The molecule has 10 nitrogen and oxygen atoms in total. The van der Waals surface area contributed by atoms with Gasteiger partial charge in [-0.3, -0.25) is 9.98 Å². The molecule has 0 unspecified atom stereocenters. The fraction of sp³-hybridized carbons (Fsp3) is 0.879. The van der Waals surface area contributed by atoms with Crippen LogP contribution in [-0.4, -0.2) is 219 Å². The van der Waals surface area contributed by atoms with Gasteiger partial charge < -0.3 is 37.1 Å². The zero-order valence-corrected chi connectivity index (χ0v) is 89.2. The molecule has 2 atom stereocenters. The predicted octanol–water partition coefficient (Wildman–Crippen LogP) is 31.8. The second-order valence-electron chi connectivity index (χ2n) is 43.1. The van der Waals surface area contributed by atoms with Crippen LogP contribution in [0.2, 0.25) is 0 Å². The molecule has 1 aliphatic carbocycles. The van der Waals surface area contributed by atoms with Crippen LogP contribution in [0.3, 0.4) is 0 Å². The first kappa shape index (κ1) is 117. The standard InChI is InChI=1S/C116H224N8O2/c1-21-39-75-119(76-40-22-2,77-41-23-3)93-61-59-69-115(71-63-95-121(81-45-27-7,82-46-28-8)83-47-29-9,72-64-96-122(84-48-30-10,85-49-31-11)86-50-32-12)109-99-105(19)113(125)107(101-109)103-117-111-67-57-58-68-112(111)118-104-108-102-110(100-106(20)114(108)126)116(73-65-97-123(87-51-33-13,88-52-34-14)89-53-35-15,74-66-98-124(90-54-36-16,91-55-37-17)92-56-38-18)70-60-62-94-120(78-42-24-4,79-43-25-5)80-44-26-6/h99-104,111-112H,21-98H2,1-20H3/q+4/p+2/t111-,112-/m0/s1. The Kier molecular flexibility index (Phi) is 64.3. The van der Waals surface area contributed by atoms with E-state index in [2.05, 4.69) is 175 Å². The van der Waals surface area contributed by atoms with Gasteiger partial charge in [0.25, 0.3) is 0 Å². The summed E-state index contributed by atoms with van der Waals surface area (Å²) < 4.78 is 7.79. The number of aliphatic imine (C=N–C) groups is 2. The molecule has 0 spiro atoms. The molecule has 736 valence electrons. The number of unbranched alkanes of at least 4 members (excludes halogenated alkanes) is 20. The minimum atomic E-state index is -0.0336. The Morgan fingerprint density at radius 2 is 0.397 bits per heavy atom. The van der Waals surface area contributed by atoms with E-state index in [9.17, 15) is 10.2 Å². The van der Waals surface area contributed by atoms with Crippen LogP contribution in [-0.2, 0) is 10.8 Å². The van der Waals surface area contributed by atoms with Crippen molar-refractivity contribution in [3.05, 3.63) is 57.6 Å². The molecular weight excluding hydrogens is 1540 g/mol. The molecule has 1 fully saturated rings. The van der Waals surface area contributed by atoms with Gasteiger partial charge in [0.2, 0.25) is 0 Å². The van der Waals surface area contributed by atoms with Crippen LogP contribution in [0.5, 0.6) is 11.5 Å². The SMILES string of the molecule is CCCC[N+](CCCC)(CCCC)CCCCC(CCC[N+](CCCC)(CCCC)CCCC)(CCC[N+](CCCC)(CCCC)CCCC)c1cc(C)c(O)c(C=N[C@H]2CCCC[C@@H]2N=Cc2cc(C(CCCC[N+](CCCC)(CCCC)CCCC)(CCC[N+](CCCC)(CCCC)CCCC)CCC[N+](CCCC)(CCCC)CCCC)cc(C)c2O)c1. The molecule has 0 saturated heterocycles. The fourth-order valence-electron chi connectivity index (χ4n) is 23.6. The van der Waals surface area contributed by atoms with Gasteiger partial charge in [0.15, 0.2) is 0 Å². The average molecular weight is 1770 g/mol. The van der Waals surface area contributed by atoms with Gasteiger partial charge in [-0.15, -0.1) is 0 Å². The smallest absolute Gasteiger partial charge is 0.127 e. The number of hydrogen-bond acceptors (Lipinski definition) is 4. The van der Waals surface area contributed by atoms with Gasteiger partial charge >= 0.3 is 0 Å². The number of rotatable bonds is 86. The van der Waals surface area contributed by atoms with Crippen molar-refractivity contribution in [2.45, 2.75) is 508 Å². The molecule has 0 aromatic heterocycles. The number of nitrogens with zero attached hydrogens (tertiary/aromatic N) is 8. The molecule has 0 aliphatic heterocycles. The summed E-state index contributed by atoms with van der Waals surface area (Å²) in [7, 11) is 0. The highest BCUT2D eigenvalue weighted by molar-refractivity contribution is 5.86. The predicted molar refractivity (Wildman–Crippen MR) is 562 cm³/mol. The van der Waals surface area contributed by atoms with Crippen molar-refractivity contribution in [1.29, 1.82) is 0 Å². The van der Waals surface area contributed by atoms with Crippen LogP contribution < -0.4 is 0 Å². The second kappa shape index (κ2) is 69.0. The molecular formula is C116H226N8O2+6. The van der Waals surface area contributed by atoms with Crippen LogP contribution in [0, 0.1) is 13.8 Å². The Labute approximate surface area is 789 Å². The molecule has 0 amide bonds. The van der Waals surface area contributed by atoms with E-state index in [1.807, 2.05) is 0 Å². The van der Waals surface area contributed by atoms with Crippen molar-refractivity contribution in [2.24, 2.45) is 9.98 Å². The van der Waals surface area contributed by atoms with Crippen molar-refractivity contribution in [3.63, 3.8) is 0 Å². The van der Waals surface area contributed by atoms with Gasteiger partial charge in [0.1, 0.15) is 11.5 Å². The van der Waals surface area contributed by atoms with Crippen molar-refractivity contribution in [2.75, 3.05) is 157 Å². The van der Waals surface area contributed by atoms with Gasteiger partial charge in [-0.1, -0.05) is 265 Å². The summed E-state index contributed by atoms with van der Waals surface area (Å²) in [6, 6.07) is 10.0. The maximum Gasteiger partial charge on any atom is 0.127 e. The lowest BCUT2D eigenvalue weighted by atomic mass is 9.69. The molecule has 0 heterocycles. The van der Waals surface area contributed by atoms with E-state index in [0.717, 1.165) is 47.9 Å². The summed E-state index contributed by atoms with van der Waals surface area (Å²) in [6.07, 6.45) is 72.5. The zero-order chi connectivity index (χ0) is 92.6. The number of aryl methyl sites for hydroxylation is 2. The quantitative estimate of drug-likeness (QED) is 0.0394. The number of hydrogen-bond donors (Lipinski definition) is 2. The fourth-order valence-corrected chi connectivity index (χ4v) is 23.6. The first-order valence-corrected chi connectivity index (χ1v) is 57.0. The maximum absolute atomic E-state index is 12.8. The first-order chi connectivity index (χ1) is 61.1. The molecule has 2 aromatic carbocycles. The van der Waals surface area contributed by atoms with Crippen LogP contribution in [0.15, 0.2) is 34.3 Å². The number of phenolic OH excluding ortho intramolecular Hbond substituents is 2. The molecule has 0 radical (unpaired) electrons. The molecule has 1 aliphatic rings. The third-order valence-corrected chi connectivity index (χ3v) is 32.4. The lowest BCUT2D eigenvalue weighted by Crippen LogP contribution is -2.51. The lowest BCUT2D eigenvalue weighted by Gasteiger charge is -2.43. The van der Waals surface area contributed by atoms with Gasteiger partial charge in [-0.25, -0.2) is 0 Å². The summed E-state index contributed by atoms with van der Waals surface area (Å²) in [4.78, 5) is 11.5. The summed E-state index contributed by atoms with van der Waals surface area (Å²) >= 11 is 0. The van der Waals surface area contributed by atoms with E-state index < -0.39 is 0 Å². The van der Waals surface area contributed by atoms with Crippen LogP contribution in [0.25, 0.3) is 0 Å². The van der Waals surface area contributed by atoms with Crippen LogP contribution in [0.1, 0.15) is 505 Å². The Bertz CT molecular complexity index is 2600. The van der Waals surface area contributed by atoms with E-state index >= 15 is 0 Å². The molecule has 3 rings (SSSR count). The monoisotopic (exact) mass is 1760 g/mol. The van der Waals surface area contributed by atoms with E-state index in [4.69, 9.17) is 9.98 Å². The number of phenols is 2. The summed E-state index contributed by atoms with van der Waals surface area (Å²) in [5.41, 5.74) is 6.73. The highest BCUT2D eigenvalue weighted by atomic mass is 16.3. The van der Waals surface area contributed by atoms with Gasteiger partial charge in [-0.05, 0) is 277 Å². The Morgan fingerprint density at radius 3 is 0.571 bits per heavy atom. The largest absolute Gasteiger partial charge is 0.507 e. The molecule has 2 aromatic rings. The first-order valence-electron chi connectivity index (χ1n) is 57.0. The average Bonchev–Trinajstić information content (AvgIpc) is 0.785. The van der Waals surface area contributed by atoms with Crippen LogP contribution in [0.4, 0.5) is 0 Å². The van der Waals surface area contributed by atoms with Gasteiger partial charge in [0, 0.05) is 23.6 Å². The Morgan fingerprint density at radius 1 is 0.238 bits per heavy atom. The highest BCUT2D eigenvalue weighted by Gasteiger charge is 2.41. The highest BCUT2D eigenvalue weighted by Crippen LogP contribution is 2.46. The van der Waals surface area contributed by atoms with E-state index in [0.29, 0.717) is 11.5 Å². The Hall–Kier alpha value is -2.86. The van der Waals surface area contributed by atoms with Crippen molar-refractivity contribution in [3.8, 4) is 11.5 Å². The second-order valence-corrected chi connectivity index (χ2v) is 43.1. The number of benzene rings is 2. The molecule has 0 bridgehead atoms. The molecule has 1 saturated carbocycles. The third kappa shape index (κ3) is 42.8. The topological polar surface area (TPSA) is 65.2 Å². The Balaban J connectivity index is 2.55. The summed E-state index contributed by atoms with van der Waals surface area (Å²) in [5.74, 6) is 0.814. The van der Waals surface area contributed by atoms with Crippen molar-refractivity contribution in [1.82, 2.24) is 0 Å². The minimum Gasteiger partial charge on any atom is -0.507 e. The zero-order valence-electron chi connectivity index (χ0n) is 89.2. The van der Waals surface area contributed by atoms with E-state index in [1.54, 1.807) is 0 Å².